The number of likely N-dealkylation sites (N-methyl/N-ethyl adjacent to an activating group) is 1. The van der Waals surface area contributed by atoms with Crippen LogP contribution in [0.3, 0.4) is 0 Å². The van der Waals surface area contributed by atoms with Gasteiger partial charge in [-0.25, -0.2) is 19.3 Å². The molecule has 6 aromatic rings. The number of imidazole rings is 1. The van der Waals surface area contributed by atoms with Gasteiger partial charge in [-0.1, -0.05) is 30.3 Å². The van der Waals surface area contributed by atoms with Crippen LogP contribution in [0, 0.1) is 5.82 Å². The van der Waals surface area contributed by atoms with Gasteiger partial charge in [0.05, 0.1) is 10.9 Å². The lowest BCUT2D eigenvalue weighted by Gasteiger charge is -2.33. The third-order valence-electron chi connectivity index (χ3n) is 7.54. The fourth-order valence-electron chi connectivity index (χ4n) is 5.29. The maximum Gasteiger partial charge on any atom is 0.160 e. The predicted molar refractivity (Wildman–Crippen MR) is 157 cm³/mol. The van der Waals surface area contributed by atoms with Crippen LogP contribution in [-0.4, -0.2) is 73.2 Å². The van der Waals surface area contributed by atoms with Gasteiger partial charge in [0, 0.05) is 75.2 Å². The second-order valence-corrected chi connectivity index (χ2v) is 10.4. The summed E-state index contributed by atoms with van der Waals surface area (Å²) in [5.41, 5.74) is 5.45. The summed E-state index contributed by atoms with van der Waals surface area (Å²) in [5, 5.41) is 11.0. The molecule has 3 N–H and O–H groups in total. The van der Waals surface area contributed by atoms with E-state index >= 15 is 4.39 Å². The average molecular weight is 549 g/mol. The second-order valence-electron chi connectivity index (χ2n) is 10.4. The van der Waals surface area contributed by atoms with E-state index in [-0.39, 0.29) is 5.39 Å². The minimum Gasteiger partial charge on any atom is -0.352 e. The Hall–Kier alpha value is -4.74. The van der Waals surface area contributed by atoms with E-state index in [2.05, 4.69) is 64.4 Å². The fourth-order valence-corrected chi connectivity index (χ4v) is 5.29. The Morgan fingerprint density at radius 1 is 0.951 bits per heavy atom. The van der Waals surface area contributed by atoms with Gasteiger partial charge >= 0.3 is 0 Å². The number of fused-ring (bicyclic) bond motifs is 2. The van der Waals surface area contributed by atoms with Gasteiger partial charge in [-0.3, -0.25) is 10.1 Å². The summed E-state index contributed by atoms with van der Waals surface area (Å²) in [7, 11) is 2.12. The molecule has 0 atom stereocenters. The second kappa shape index (κ2) is 10.7. The highest BCUT2D eigenvalue weighted by Gasteiger charge is 2.23. The number of aromatic amines is 2. The molecule has 0 radical (unpaired) electrons. The lowest BCUT2D eigenvalue weighted by molar-refractivity contribution is 0.312. The number of piperazine rings is 1. The first kappa shape index (κ1) is 25.2. The van der Waals surface area contributed by atoms with Crippen LogP contribution in [0.1, 0.15) is 11.1 Å². The van der Waals surface area contributed by atoms with Crippen LogP contribution in [0.25, 0.3) is 44.7 Å². The number of pyridine rings is 3. The minimum absolute atomic E-state index is 0.281. The van der Waals surface area contributed by atoms with Gasteiger partial charge in [-0.05, 0) is 30.3 Å². The van der Waals surface area contributed by atoms with Crippen molar-refractivity contribution in [1.82, 2.24) is 45.3 Å². The number of nitrogens with one attached hydrogen (secondary N) is 3. The Labute approximate surface area is 235 Å². The van der Waals surface area contributed by atoms with Crippen molar-refractivity contribution in [3.8, 4) is 22.6 Å². The molecule has 5 aromatic heterocycles. The molecule has 10 nitrogen and oxygen atoms in total. The Balaban J connectivity index is 1.20. The molecule has 0 spiro atoms. The summed E-state index contributed by atoms with van der Waals surface area (Å²) in [6.45, 7) is 4.98. The molecule has 1 aliphatic heterocycles. The Bertz CT molecular complexity index is 1820. The summed E-state index contributed by atoms with van der Waals surface area (Å²) in [4.78, 5) is 26.2. The Morgan fingerprint density at radius 3 is 2.63 bits per heavy atom. The van der Waals surface area contributed by atoms with Crippen LogP contribution in [-0.2, 0) is 13.1 Å². The van der Waals surface area contributed by atoms with E-state index < -0.39 is 5.82 Å². The molecular formula is C30H29FN10. The first-order valence-corrected chi connectivity index (χ1v) is 13.6. The molecule has 0 unspecified atom stereocenters. The molecule has 11 heteroatoms. The van der Waals surface area contributed by atoms with Crippen LogP contribution in [0.5, 0.6) is 0 Å². The maximum atomic E-state index is 16.2. The molecule has 1 aliphatic rings. The molecule has 206 valence electrons. The highest BCUT2D eigenvalue weighted by atomic mass is 19.1. The molecule has 1 fully saturated rings. The quantitative estimate of drug-likeness (QED) is 0.273. The Kier molecular flexibility index (Phi) is 6.57. The maximum absolute atomic E-state index is 16.2. The van der Waals surface area contributed by atoms with Crippen LogP contribution >= 0.6 is 0 Å². The number of hydrogen-bond acceptors (Lipinski definition) is 8. The molecule has 0 bridgehead atoms. The first-order chi connectivity index (χ1) is 20.1. The first-order valence-electron chi connectivity index (χ1n) is 13.6. The third kappa shape index (κ3) is 4.90. The monoisotopic (exact) mass is 548 g/mol. The van der Waals surface area contributed by atoms with Crippen molar-refractivity contribution in [2.45, 2.75) is 13.1 Å². The van der Waals surface area contributed by atoms with Crippen molar-refractivity contribution < 1.29 is 4.39 Å². The van der Waals surface area contributed by atoms with Gasteiger partial charge in [-0.15, -0.1) is 0 Å². The van der Waals surface area contributed by atoms with Crippen molar-refractivity contribution in [3.63, 3.8) is 0 Å². The molecule has 0 saturated carbocycles. The summed E-state index contributed by atoms with van der Waals surface area (Å²) in [6, 6.07) is 14.0. The van der Waals surface area contributed by atoms with Gasteiger partial charge in [0.1, 0.15) is 17.0 Å². The lowest BCUT2D eigenvalue weighted by Crippen LogP contribution is -2.44. The zero-order valence-corrected chi connectivity index (χ0v) is 22.6. The Morgan fingerprint density at radius 2 is 1.78 bits per heavy atom. The van der Waals surface area contributed by atoms with Gasteiger partial charge in [0.15, 0.2) is 17.3 Å². The average Bonchev–Trinajstić information content (AvgIpc) is 3.63. The van der Waals surface area contributed by atoms with Crippen LogP contribution < -0.4 is 10.2 Å². The number of hydrogen-bond donors (Lipinski definition) is 3. The SMILES string of the molecule is CN1CCN(c2nccc3[nH]c(-c4n[nH]c5ncc(-c6cncc(CNCc7ccccc7)c6)c(F)c45)nc23)CC1. The molecule has 0 aliphatic carbocycles. The highest BCUT2D eigenvalue weighted by Crippen LogP contribution is 2.34. The number of rotatable bonds is 7. The van der Waals surface area contributed by atoms with Crippen LogP contribution in [0.2, 0.25) is 0 Å². The van der Waals surface area contributed by atoms with E-state index in [1.165, 1.54) is 11.8 Å². The number of halogens is 1. The van der Waals surface area contributed by atoms with E-state index in [9.17, 15) is 0 Å². The summed E-state index contributed by atoms with van der Waals surface area (Å²) >= 11 is 0. The fraction of sp³-hybridized carbons (Fsp3) is 0.233. The van der Waals surface area contributed by atoms with Crippen molar-refractivity contribution in [2.24, 2.45) is 0 Å². The van der Waals surface area contributed by atoms with Crippen LogP contribution in [0.4, 0.5) is 10.2 Å². The standard InChI is InChI=1S/C30H29FN10/c1-40-9-11-41(12-10-40)30-26-23(7-8-34-30)36-29(37-26)27-24-25(31)22(18-35-28(24)39-38-27)21-13-20(16-33-17-21)15-32-14-19-5-3-2-4-6-19/h2-8,13,16-18,32H,9-12,14-15H2,1H3,(H,36,37)(H,35,38,39). The molecule has 1 aromatic carbocycles. The van der Waals surface area contributed by atoms with Gasteiger partial charge in [-0.2, -0.15) is 5.10 Å². The minimum atomic E-state index is -0.423. The number of H-pyrrole nitrogens is 2. The molecule has 41 heavy (non-hydrogen) atoms. The smallest absolute Gasteiger partial charge is 0.160 e. The topological polar surface area (TPSA) is 115 Å². The molecule has 7 rings (SSSR count). The van der Waals surface area contributed by atoms with Crippen molar-refractivity contribution in [3.05, 3.63) is 84.2 Å². The number of nitrogens with zero attached hydrogens (tertiary/aromatic N) is 7. The van der Waals surface area contributed by atoms with Crippen molar-refractivity contribution in [1.29, 1.82) is 0 Å². The number of anilines is 1. The number of benzene rings is 1. The predicted octanol–water partition coefficient (Wildman–Crippen LogP) is 4.14. The van der Waals surface area contributed by atoms with E-state index in [4.69, 9.17) is 4.98 Å². The zero-order chi connectivity index (χ0) is 27.8. The van der Waals surface area contributed by atoms with E-state index in [0.717, 1.165) is 55.1 Å². The van der Waals surface area contributed by atoms with Gasteiger partial charge < -0.3 is 20.1 Å². The molecule has 6 heterocycles. The summed E-state index contributed by atoms with van der Waals surface area (Å²) in [5.74, 6) is 0.860. The van der Waals surface area contributed by atoms with Gasteiger partial charge in [0.25, 0.3) is 0 Å². The molecular weight excluding hydrogens is 519 g/mol. The van der Waals surface area contributed by atoms with E-state index in [0.29, 0.717) is 34.8 Å². The lowest BCUT2D eigenvalue weighted by atomic mass is 10.1. The van der Waals surface area contributed by atoms with Crippen molar-refractivity contribution >= 4 is 27.9 Å². The van der Waals surface area contributed by atoms with Gasteiger partial charge in [0.2, 0.25) is 0 Å². The largest absolute Gasteiger partial charge is 0.352 e. The van der Waals surface area contributed by atoms with Crippen molar-refractivity contribution in [2.75, 3.05) is 38.1 Å². The third-order valence-corrected chi connectivity index (χ3v) is 7.54. The van der Waals surface area contributed by atoms with E-state index in [1.807, 2.05) is 30.3 Å². The summed E-state index contributed by atoms with van der Waals surface area (Å²) < 4.78 is 16.2. The molecule has 0 amide bonds. The number of aromatic nitrogens is 7. The van der Waals surface area contributed by atoms with Crippen LogP contribution in [0.15, 0.2) is 67.3 Å². The molecule has 1 saturated heterocycles. The highest BCUT2D eigenvalue weighted by molar-refractivity contribution is 5.95. The van der Waals surface area contributed by atoms with E-state index in [1.54, 1.807) is 18.6 Å². The zero-order valence-electron chi connectivity index (χ0n) is 22.6. The normalized spacial score (nSPS) is 14.3. The summed E-state index contributed by atoms with van der Waals surface area (Å²) in [6.07, 6.45) is 6.73.